The number of aromatic nitrogens is 2. The maximum absolute atomic E-state index is 13.0. The van der Waals surface area contributed by atoms with Crippen LogP contribution < -0.4 is 5.32 Å². The molecule has 1 aromatic heterocycles. The molecule has 31 heavy (non-hydrogen) atoms. The molecule has 164 valence electrons. The Bertz CT molecular complexity index is 1150. The van der Waals surface area contributed by atoms with Crippen molar-refractivity contribution in [2.75, 3.05) is 5.32 Å². The number of aromatic hydroxyl groups is 1. The van der Waals surface area contributed by atoms with E-state index in [4.69, 9.17) is 11.6 Å². The second-order valence-corrected chi connectivity index (χ2v) is 6.82. The third-order valence-electron chi connectivity index (χ3n) is 4.24. The zero-order chi connectivity index (χ0) is 23.1. The molecule has 0 saturated heterocycles. The van der Waals surface area contributed by atoms with Gasteiger partial charge in [0.1, 0.15) is 11.4 Å². The van der Waals surface area contributed by atoms with E-state index in [9.17, 15) is 36.2 Å². The van der Waals surface area contributed by atoms with Crippen molar-refractivity contribution in [3.8, 4) is 17.0 Å². The van der Waals surface area contributed by atoms with E-state index >= 15 is 0 Å². The summed E-state index contributed by atoms with van der Waals surface area (Å²) in [6.07, 6.45) is -9.40. The van der Waals surface area contributed by atoms with Crippen molar-refractivity contribution in [2.24, 2.45) is 7.05 Å². The van der Waals surface area contributed by atoms with Gasteiger partial charge in [0.05, 0.1) is 16.3 Å². The average molecular weight is 464 g/mol. The molecule has 2 aromatic carbocycles. The fourth-order valence-electron chi connectivity index (χ4n) is 2.78. The van der Waals surface area contributed by atoms with Crippen molar-refractivity contribution in [1.29, 1.82) is 0 Å². The van der Waals surface area contributed by atoms with E-state index < -0.39 is 40.3 Å². The average Bonchev–Trinajstić information content (AvgIpc) is 3.03. The zero-order valence-corrected chi connectivity index (χ0v) is 16.2. The van der Waals surface area contributed by atoms with Crippen LogP contribution in [-0.2, 0) is 19.4 Å². The molecule has 0 aliphatic carbocycles. The van der Waals surface area contributed by atoms with E-state index in [0.29, 0.717) is 10.7 Å². The smallest absolute Gasteiger partial charge is 0.433 e. The van der Waals surface area contributed by atoms with Crippen molar-refractivity contribution >= 4 is 23.2 Å². The summed E-state index contributed by atoms with van der Waals surface area (Å²) < 4.78 is 78.3. The predicted molar refractivity (Wildman–Crippen MR) is 99.7 cm³/mol. The molecule has 0 bridgehead atoms. The summed E-state index contributed by atoms with van der Waals surface area (Å²) in [5.41, 5.74) is -2.73. The number of hydrogen-bond donors (Lipinski definition) is 2. The highest BCUT2D eigenvalue weighted by atomic mass is 35.5. The Kier molecular flexibility index (Phi) is 5.66. The van der Waals surface area contributed by atoms with Crippen LogP contribution in [0.2, 0.25) is 5.02 Å². The van der Waals surface area contributed by atoms with Crippen molar-refractivity contribution < 1.29 is 36.2 Å². The maximum Gasteiger partial charge on any atom is 0.433 e. The Labute approximate surface area is 175 Å². The first-order valence-corrected chi connectivity index (χ1v) is 8.78. The van der Waals surface area contributed by atoms with Crippen LogP contribution in [0, 0.1) is 0 Å². The molecule has 0 spiro atoms. The van der Waals surface area contributed by atoms with Gasteiger partial charge < -0.3 is 10.4 Å². The van der Waals surface area contributed by atoms with Crippen LogP contribution in [0.25, 0.3) is 11.3 Å². The second-order valence-electron chi connectivity index (χ2n) is 6.41. The summed E-state index contributed by atoms with van der Waals surface area (Å²) in [4.78, 5) is 12.3. The van der Waals surface area contributed by atoms with Gasteiger partial charge in [-0.3, -0.25) is 9.48 Å². The molecule has 0 aliphatic heterocycles. The van der Waals surface area contributed by atoms with E-state index in [0.717, 1.165) is 31.3 Å². The third kappa shape index (κ3) is 4.76. The Morgan fingerprint density at radius 3 is 2.26 bits per heavy atom. The standard InChI is InChI=1S/C19H12ClF6N3O2/c1-29-16(19(24,25)26)8-14(28-29)11-4-3-10(7-15(11)30)27-17(31)9-2-5-13(20)12(6-9)18(21,22)23/h2-8,30H,1H3,(H,27,31). The highest BCUT2D eigenvalue weighted by molar-refractivity contribution is 6.31. The predicted octanol–water partition coefficient (Wildman–Crippen LogP) is 5.74. The number of rotatable bonds is 3. The number of nitrogens with zero attached hydrogens (tertiary/aromatic N) is 2. The van der Waals surface area contributed by atoms with Gasteiger partial charge in [-0.2, -0.15) is 31.4 Å². The Balaban J connectivity index is 1.85. The largest absolute Gasteiger partial charge is 0.507 e. The van der Waals surface area contributed by atoms with Crippen LogP contribution in [0.5, 0.6) is 5.75 Å². The number of benzene rings is 2. The Morgan fingerprint density at radius 1 is 1.03 bits per heavy atom. The molecule has 1 amide bonds. The first kappa shape index (κ1) is 22.5. The van der Waals surface area contributed by atoms with Gasteiger partial charge in [-0.05, 0) is 36.4 Å². The van der Waals surface area contributed by atoms with Crippen molar-refractivity contribution in [3.05, 3.63) is 64.3 Å². The molecule has 0 atom stereocenters. The summed E-state index contributed by atoms with van der Waals surface area (Å²) in [6, 6.07) is 6.87. The van der Waals surface area contributed by atoms with Crippen molar-refractivity contribution in [2.45, 2.75) is 12.4 Å². The fraction of sp³-hybridized carbons (Fsp3) is 0.158. The molecule has 0 unspecified atom stereocenters. The lowest BCUT2D eigenvalue weighted by molar-refractivity contribution is -0.143. The minimum absolute atomic E-state index is 0.00161. The van der Waals surface area contributed by atoms with Crippen LogP contribution >= 0.6 is 11.6 Å². The van der Waals surface area contributed by atoms with Gasteiger partial charge >= 0.3 is 12.4 Å². The quantitative estimate of drug-likeness (QED) is 0.487. The topological polar surface area (TPSA) is 67.2 Å². The number of hydrogen-bond acceptors (Lipinski definition) is 3. The van der Waals surface area contributed by atoms with Gasteiger partial charge in [-0.1, -0.05) is 11.6 Å². The monoisotopic (exact) mass is 463 g/mol. The molecule has 0 radical (unpaired) electrons. The Hall–Kier alpha value is -3.21. The summed E-state index contributed by atoms with van der Waals surface area (Å²) in [5, 5.41) is 15.6. The molecule has 12 heteroatoms. The van der Waals surface area contributed by atoms with E-state index in [-0.39, 0.29) is 22.5 Å². The van der Waals surface area contributed by atoms with E-state index in [1.54, 1.807) is 0 Å². The van der Waals surface area contributed by atoms with Gasteiger partial charge in [-0.15, -0.1) is 0 Å². The highest BCUT2D eigenvalue weighted by Crippen LogP contribution is 2.37. The SMILES string of the molecule is Cn1nc(-c2ccc(NC(=O)c3ccc(Cl)c(C(F)(F)F)c3)cc2O)cc1C(F)(F)F. The number of halogens is 7. The number of amides is 1. The lowest BCUT2D eigenvalue weighted by Gasteiger charge is -2.12. The molecule has 0 saturated carbocycles. The van der Waals surface area contributed by atoms with E-state index in [1.807, 2.05) is 0 Å². The van der Waals surface area contributed by atoms with Gasteiger partial charge in [0, 0.05) is 29.9 Å². The van der Waals surface area contributed by atoms with Crippen molar-refractivity contribution in [1.82, 2.24) is 9.78 Å². The molecule has 2 N–H and O–H groups in total. The zero-order valence-electron chi connectivity index (χ0n) is 15.4. The van der Waals surface area contributed by atoms with E-state index in [1.165, 1.54) is 12.1 Å². The number of phenolic OH excluding ortho intramolecular Hbond substituents is 1. The van der Waals surface area contributed by atoms with Crippen LogP contribution in [0.1, 0.15) is 21.6 Å². The van der Waals surface area contributed by atoms with Gasteiger partial charge in [-0.25, -0.2) is 0 Å². The number of phenols is 1. The van der Waals surface area contributed by atoms with Gasteiger partial charge in [0.2, 0.25) is 0 Å². The second kappa shape index (κ2) is 7.80. The highest BCUT2D eigenvalue weighted by Gasteiger charge is 2.35. The van der Waals surface area contributed by atoms with Gasteiger partial charge in [0.25, 0.3) is 5.91 Å². The number of alkyl halides is 6. The summed E-state index contributed by atoms with van der Waals surface area (Å²) in [6.45, 7) is 0. The number of nitrogens with one attached hydrogen (secondary N) is 1. The number of anilines is 1. The van der Waals surface area contributed by atoms with E-state index in [2.05, 4.69) is 10.4 Å². The van der Waals surface area contributed by atoms with Crippen LogP contribution in [0.15, 0.2) is 42.5 Å². The first-order chi connectivity index (χ1) is 14.3. The third-order valence-corrected chi connectivity index (χ3v) is 4.57. The molecule has 0 fully saturated rings. The van der Waals surface area contributed by atoms with Crippen LogP contribution in [-0.4, -0.2) is 20.8 Å². The summed E-state index contributed by atoms with van der Waals surface area (Å²) in [7, 11) is 1.10. The maximum atomic E-state index is 13.0. The Morgan fingerprint density at radius 2 is 1.71 bits per heavy atom. The van der Waals surface area contributed by atoms with Crippen LogP contribution in [0.3, 0.4) is 0 Å². The molecular formula is C19H12ClF6N3O2. The van der Waals surface area contributed by atoms with Crippen LogP contribution in [0.4, 0.5) is 32.0 Å². The summed E-state index contributed by atoms with van der Waals surface area (Å²) >= 11 is 5.52. The molecule has 3 aromatic rings. The van der Waals surface area contributed by atoms with Crippen molar-refractivity contribution in [3.63, 3.8) is 0 Å². The first-order valence-electron chi connectivity index (χ1n) is 8.40. The molecule has 3 rings (SSSR count). The minimum Gasteiger partial charge on any atom is -0.507 e. The molecular weight excluding hydrogens is 452 g/mol. The minimum atomic E-state index is -4.76. The number of carbonyl (C=O) groups excluding carboxylic acids is 1. The number of carbonyl (C=O) groups is 1. The van der Waals surface area contributed by atoms with Gasteiger partial charge in [0.15, 0.2) is 0 Å². The normalized spacial score (nSPS) is 12.1. The lowest BCUT2D eigenvalue weighted by Crippen LogP contribution is -2.14. The number of aryl methyl sites for hydroxylation is 1. The fourth-order valence-corrected chi connectivity index (χ4v) is 3.00. The molecule has 0 aliphatic rings. The molecule has 5 nitrogen and oxygen atoms in total. The summed E-state index contributed by atoms with van der Waals surface area (Å²) in [5.74, 6) is -1.40. The lowest BCUT2D eigenvalue weighted by atomic mass is 10.1. The molecule has 1 heterocycles.